The van der Waals surface area contributed by atoms with Crippen LogP contribution in [0.15, 0.2) is 4.52 Å². The maximum atomic E-state index is 5.86. The number of ether oxygens (including phenoxy) is 1. The fourth-order valence-corrected chi connectivity index (χ4v) is 3.38. The van der Waals surface area contributed by atoms with Crippen molar-refractivity contribution in [2.45, 2.75) is 58.1 Å². The minimum Gasteiger partial charge on any atom is -0.377 e. The van der Waals surface area contributed by atoms with Crippen molar-refractivity contribution in [1.29, 1.82) is 0 Å². The van der Waals surface area contributed by atoms with Gasteiger partial charge in [-0.15, -0.1) is 0 Å². The minimum atomic E-state index is 0.197. The van der Waals surface area contributed by atoms with Crippen LogP contribution in [0.25, 0.3) is 0 Å². The maximum absolute atomic E-state index is 5.86. The van der Waals surface area contributed by atoms with Crippen molar-refractivity contribution >= 4 is 0 Å². The predicted molar refractivity (Wildman–Crippen MR) is 88.4 cm³/mol. The van der Waals surface area contributed by atoms with Gasteiger partial charge in [-0.1, -0.05) is 19.0 Å². The summed E-state index contributed by atoms with van der Waals surface area (Å²) in [6.45, 7) is 12.6. The van der Waals surface area contributed by atoms with Crippen molar-refractivity contribution in [3.63, 3.8) is 0 Å². The zero-order valence-electron chi connectivity index (χ0n) is 14.7. The molecule has 6 nitrogen and oxygen atoms in total. The summed E-state index contributed by atoms with van der Waals surface area (Å²) in [7, 11) is 0. The molecule has 0 amide bonds. The molecule has 3 heterocycles. The van der Waals surface area contributed by atoms with Gasteiger partial charge in [-0.3, -0.25) is 9.80 Å². The number of piperazine rings is 1. The van der Waals surface area contributed by atoms with Crippen LogP contribution >= 0.6 is 0 Å². The lowest BCUT2D eigenvalue weighted by Crippen LogP contribution is -2.49. The van der Waals surface area contributed by atoms with E-state index in [1.54, 1.807) is 0 Å². The summed E-state index contributed by atoms with van der Waals surface area (Å²) in [4.78, 5) is 9.52. The molecule has 1 aromatic rings. The van der Waals surface area contributed by atoms with Crippen LogP contribution in [-0.2, 0) is 4.74 Å². The Labute approximate surface area is 139 Å². The SMILES string of the molecule is CC(C)c1noc([C@@H](C)N2CCN(C[C@H]3CCCCO3)CC2)n1. The summed E-state index contributed by atoms with van der Waals surface area (Å²) in [5.74, 6) is 1.87. The second-order valence-electron chi connectivity index (χ2n) is 7.15. The van der Waals surface area contributed by atoms with Crippen LogP contribution in [0.5, 0.6) is 0 Å². The molecule has 2 fully saturated rings. The maximum Gasteiger partial charge on any atom is 0.243 e. The molecule has 2 aliphatic rings. The monoisotopic (exact) mass is 322 g/mol. The van der Waals surface area contributed by atoms with Gasteiger partial charge in [0.1, 0.15) is 0 Å². The van der Waals surface area contributed by atoms with Gasteiger partial charge in [0.2, 0.25) is 5.89 Å². The Bertz CT molecular complexity index is 477. The molecule has 0 aromatic carbocycles. The molecule has 1 aromatic heterocycles. The van der Waals surface area contributed by atoms with Crippen molar-refractivity contribution in [2.24, 2.45) is 0 Å². The van der Waals surface area contributed by atoms with E-state index in [0.717, 1.165) is 51.0 Å². The first-order valence-corrected chi connectivity index (χ1v) is 9.05. The first-order chi connectivity index (χ1) is 11.1. The van der Waals surface area contributed by atoms with Gasteiger partial charge in [-0.25, -0.2) is 0 Å². The standard InChI is InChI=1S/C17H30N4O2/c1-13(2)16-18-17(23-19-16)14(3)21-9-7-20(8-10-21)12-15-6-4-5-11-22-15/h13-15H,4-12H2,1-3H3/t14-,15-/m1/s1. The van der Waals surface area contributed by atoms with Crippen molar-refractivity contribution in [1.82, 2.24) is 19.9 Å². The lowest BCUT2D eigenvalue weighted by atomic mass is 10.1. The van der Waals surface area contributed by atoms with E-state index in [1.165, 1.54) is 19.3 Å². The predicted octanol–water partition coefficient (Wildman–Crippen LogP) is 2.44. The van der Waals surface area contributed by atoms with Crippen LogP contribution in [-0.4, -0.2) is 65.4 Å². The highest BCUT2D eigenvalue weighted by Gasteiger charge is 2.27. The molecular formula is C17H30N4O2. The summed E-state index contributed by atoms with van der Waals surface area (Å²) >= 11 is 0. The average molecular weight is 322 g/mol. The van der Waals surface area contributed by atoms with Crippen LogP contribution < -0.4 is 0 Å². The molecule has 0 saturated carbocycles. The van der Waals surface area contributed by atoms with Crippen molar-refractivity contribution in [3.8, 4) is 0 Å². The van der Waals surface area contributed by atoms with Gasteiger partial charge in [-0.2, -0.15) is 4.98 Å². The highest BCUT2D eigenvalue weighted by molar-refractivity contribution is 4.96. The Morgan fingerprint density at radius 2 is 1.91 bits per heavy atom. The molecule has 0 radical (unpaired) electrons. The summed E-state index contributed by atoms with van der Waals surface area (Å²) in [6, 6.07) is 0.197. The summed E-state index contributed by atoms with van der Waals surface area (Å²) in [5, 5.41) is 4.08. The van der Waals surface area contributed by atoms with E-state index < -0.39 is 0 Å². The van der Waals surface area contributed by atoms with Crippen molar-refractivity contribution in [2.75, 3.05) is 39.3 Å². The molecule has 0 aliphatic carbocycles. The highest BCUT2D eigenvalue weighted by Crippen LogP contribution is 2.22. The lowest BCUT2D eigenvalue weighted by Gasteiger charge is -2.38. The summed E-state index contributed by atoms with van der Waals surface area (Å²) in [5.41, 5.74) is 0. The number of rotatable bonds is 5. The summed E-state index contributed by atoms with van der Waals surface area (Å²) < 4.78 is 11.3. The van der Waals surface area contributed by atoms with Crippen molar-refractivity contribution in [3.05, 3.63) is 11.7 Å². The number of hydrogen-bond acceptors (Lipinski definition) is 6. The van der Waals surface area contributed by atoms with Gasteiger partial charge < -0.3 is 9.26 Å². The van der Waals surface area contributed by atoms with Crippen LogP contribution in [0.4, 0.5) is 0 Å². The Hall–Kier alpha value is -0.980. The third-order valence-electron chi connectivity index (χ3n) is 5.02. The van der Waals surface area contributed by atoms with Gasteiger partial charge in [0.15, 0.2) is 5.82 Å². The molecule has 0 unspecified atom stereocenters. The molecule has 0 N–H and O–H groups in total. The molecule has 3 rings (SSSR count). The van der Waals surface area contributed by atoms with E-state index >= 15 is 0 Å². The van der Waals surface area contributed by atoms with Gasteiger partial charge in [0.05, 0.1) is 12.1 Å². The van der Waals surface area contributed by atoms with Gasteiger partial charge in [-0.05, 0) is 26.2 Å². The Balaban J connectivity index is 1.47. The first-order valence-electron chi connectivity index (χ1n) is 9.05. The molecule has 0 bridgehead atoms. The number of hydrogen-bond donors (Lipinski definition) is 0. The van der Waals surface area contributed by atoms with Crippen LogP contribution in [0, 0.1) is 0 Å². The zero-order chi connectivity index (χ0) is 16.2. The fourth-order valence-electron chi connectivity index (χ4n) is 3.38. The van der Waals surface area contributed by atoms with E-state index in [2.05, 4.69) is 40.7 Å². The van der Waals surface area contributed by atoms with E-state index in [4.69, 9.17) is 9.26 Å². The highest BCUT2D eigenvalue weighted by atomic mass is 16.5. The Morgan fingerprint density at radius 1 is 1.13 bits per heavy atom. The topological polar surface area (TPSA) is 54.6 Å². The smallest absolute Gasteiger partial charge is 0.243 e. The first kappa shape index (κ1) is 16.9. The molecular weight excluding hydrogens is 292 g/mol. The van der Waals surface area contributed by atoms with E-state index in [9.17, 15) is 0 Å². The normalized spacial score (nSPS) is 25.8. The quantitative estimate of drug-likeness (QED) is 0.830. The third-order valence-corrected chi connectivity index (χ3v) is 5.02. The molecule has 2 atom stereocenters. The fraction of sp³-hybridized carbons (Fsp3) is 0.882. The molecule has 2 aliphatic heterocycles. The van der Waals surface area contributed by atoms with Gasteiger partial charge in [0.25, 0.3) is 0 Å². The Morgan fingerprint density at radius 3 is 2.52 bits per heavy atom. The second kappa shape index (κ2) is 7.73. The molecule has 2 saturated heterocycles. The molecule has 6 heteroatoms. The Kier molecular flexibility index (Phi) is 5.67. The van der Waals surface area contributed by atoms with Crippen LogP contribution in [0.3, 0.4) is 0 Å². The lowest BCUT2D eigenvalue weighted by molar-refractivity contribution is -0.0175. The number of nitrogens with zero attached hydrogens (tertiary/aromatic N) is 4. The van der Waals surface area contributed by atoms with Crippen LogP contribution in [0.1, 0.15) is 63.7 Å². The summed E-state index contributed by atoms with van der Waals surface area (Å²) in [6.07, 6.45) is 4.20. The van der Waals surface area contributed by atoms with E-state index in [-0.39, 0.29) is 6.04 Å². The van der Waals surface area contributed by atoms with Crippen molar-refractivity contribution < 1.29 is 9.26 Å². The molecule has 130 valence electrons. The van der Waals surface area contributed by atoms with Gasteiger partial charge >= 0.3 is 0 Å². The van der Waals surface area contributed by atoms with Crippen LogP contribution in [0.2, 0.25) is 0 Å². The zero-order valence-corrected chi connectivity index (χ0v) is 14.7. The van der Waals surface area contributed by atoms with Gasteiger partial charge in [0, 0.05) is 45.2 Å². The second-order valence-corrected chi connectivity index (χ2v) is 7.15. The van der Waals surface area contributed by atoms with E-state index in [1.807, 2.05) is 0 Å². The molecule has 23 heavy (non-hydrogen) atoms. The molecule has 0 spiro atoms. The largest absolute Gasteiger partial charge is 0.377 e. The number of aromatic nitrogens is 2. The van der Waals surface area contributed by atoms with E-state index in [0.29, 0.717) is 12.0 Å². The minimum absolute atomic E-state index is 0.197. The third kappa shape index (κ3) is 4.31. The average Bonchev–Trinajstić information content (AvgIpc) is 3.06.